The predicted octanol–water partition coefficient (Wildman–Crippen LogP) is 2.81. The summed E-state index contributed by atoms with van der Waals surface area (Å²) in [6.45, 7) is 10.6. The monoisotopic (exact) mass is 732 g/mol. The second-order valence-electron chi connectivity index (χ2n) is 16.9. The Morgan fingerprint density at radius 3 is 2.37 bits per heavy atom. The van der Waals surface area contributed by atoms with Crippen LogP contribution in [0.15, 0.2) is 24.3 Å². The van der Waals surface area contributed by atoms with Gasteiger partial charge in [-0.2, -0.15) is 0 Å². The lowest BCUT2D eigenvalue weighted by Gasteiger charge is -2.47. The second kappa shape index (κ2) is 14.2. The van der Waals surface area contributed by atoms with Crippen molar-refractivity contribution in [3.05, 3.63) is 24.3 Å². The van der Waals surface area contributed by atoms with Gasteiger partial charge in [0.2, 0.25) is 0 Å². The van der Waals surface area contributed by atoms with E-state index in [1.807, 2.05) is 0 Å². The Bertz CT molecular complexity index is 1380. The van der Waals surface area contributed by atoms with Gasteiger partial charge in [-0.3, -0.25) is 4.79 Å². The van der Waals surface area contributed by atoms with Crippen molar-refractivity contribution < 1.29 is 62.4 Å². The van der Waals surface area contributed by atoms with Crippen LogP contribution in [0, 0.1) is 5.92 Å². The van der Waals surface area contributed by atoms with E-state index < -0.39 is 61.1 Å². The lowest BCUT2D eigenvalue weighted by molar-refractivity contribution is -0.293. The molecule has 10 fully saturated rings. The lowest BCUT2D eigenvalue weighted by atomic mass is 9.84. The van der Waals surface area contributed by atoms with E-state index in [0.717, 1.165) is 43.3 Å². The molecule has 10 heterocycles. The molecular weight excluding hydrogens is 676 g/mol. The molecule has 13 nitrogen and oxygen atoms in total. The number of aliphatic hydroxyl groups is 2. The summed E-state index contributed by atoms with van der Waals surface area (Å²) in [5.41, 5.74) is 2.10. The van der Waals surface area contributed by atoms with Gasteiger partial charge < -0.3 is 57.6 Å². The summed E-state index contributed by atoms with van der Waals surface area (Å²) in [7, 11) is 1.55. The highest BCUT2D eigenvalue weighted by Gasteiger charge is 2.68. The lowest BCUT2D eigenvalue weighted by Crippen LogP contribution is -2.61. The number of carbonyl (C=O) groups is 1. The molecule has 0 radical (unpaired) electrons. The second-order valence-corrected chi connectivity index (χ2v) is 16.9. The Kier molecular flexibility index (Phi) is 9.89. The SMILES string of the molecule is C=C1C[C@@H]2CC[C@@]34C[C@@H]5O[C@H]6[C@@H](O3)[C@H]3O[C@H](CC[C@@H]3O[C@H]6[C@@H]5O4)CC(=O)O[C@@H]3[C@@H](OC)[C@@H](C[C@H](O)CO)O[C@H]3C[C@H]3O[C@@H](CC[C@@H]1O2)C[C@@H](C)C3=C. The van der Waals surface area contributed by atoms with Gasteiger partial charge in [0.1, 0.15) is 42.7 Å². The van der Waals surface area contributed by atoms with Gasteiger partial charge in [-0.05, 0) is 62.0 Å². The van der Waals surface area contributed by atoms with Crippen LogP contribution in [0.4, 0.5) is 0 Å². The molecule has 12 bridgehead atoms. The van der Waals surface area contributed by atoms with E-state index in [2.05, 4.69) is 20.1 Å². The average molecular weight is 733 g/mol. The fraction of sp³-hybridized carbons (Fsp3) is 0.872. The molecule has 10 aliphatic rings. The first-order valence-corrected chi connectivity index (χ1v) is 19.8. The Labute approximate surface area is 305 Å². The molecule has 19 atom stereocenters. The summed E-state index contributed by atoms with van der Waals surface area (Å²) in [4.78, 5) is 13.8. The molecular formula is C39H56O13. The minimum Gasteiger partial charge on any atom is -0.457 e. The number of ether oxygens (including phenoxy) is 10. The van der Waals surface area contributed by atoms with E-state index in [9.17, 15) is 15.0 Å². The summed E-state index contributed by atoms with van der Waals surface area (Å²) >= 11 is 0. The zero-order chi connectivity index (χ0) is 35.9. The fourth-order valence-electron chi connectivity index (χ4n) is 10.8. The minimum absolute atomic E-state index is 0.0122. The summed E-state index contributed by atoms with van der Waals surface area (Å²) in [6.07, 6.45) is 1.15. The number of carbonyl (C=O) groups excluding carboxylic acids is 1. The third-order valence-electron chi connectivity index (χ3n) is 13.5. The zero-order valence-corrected chi connectivity index (χ0v) is 30.4. The Hall–Kier alpha value is -1.49. The van der Waals surface area contributed by atoms with Crippen molar-refractivity contribution in [2.75, 3.05) is 13.7 Å². The van der Waals surface area contributed by atoms with Crippen LogP contribution in [-0.2, 0) is 52.2 Å². The number of hydrogen-bond acceptors (Lipinski definition) is 13. The summed E-state index contributed by atoms with van der Waals surface area (Å²) in [5.74, 6) is -1.01. The van der Waals surface area contributed by atoms with Gasteiger partial charge in [0.25, 0.3) is 0 Å². The molecule has 52 heavy (non-hydrogen) atoms. The number of esters is 1. The van der Waals surface area contributed by atoms with Gasteiger partial charge in [-0.15, -0.1) is 0 Å². The maximum absolute atomic E-state index is 13.8. The first-order valence-electron chi connectivity index (χ1n) is 19.8. The molecule has 0 aromatic heterocycles. The van der Waals surface area contributed by atoms with Crippen molar-refractivity contribution in [1.82, 2.24) is 0 Å². The average Bonchev–Trinajstić information content (AvgIpc) is 3.79. The molecule has 290 valence electrons. The molecule has 10 rings (SSSR count). The van der Waals surface area contributed by atoms with E-state index in [4.69, 9.17) is 47.4 Å². The normalized spacial score (nSPS) is 52.2. The van der Waals surface area contributed by atoms with E-state index in [-0.39, 0.29) is 79.8 Å². The van der Waals surface area contributed by atoms with E-state index >= 15 is 0 Å². The van der Waals surface area contributed by atoms with Crippen molar-refractivity contribution in [2.45, 2.75) is 194 Å². The number of fused-ring (bicyclic) bond motifs is 6. The van der Waals surface area contributed by atoms with Gasteiger partial charge in [0.15, 0.2) is 11.9 Å². The van der Waals surface area contributed by atoms with Crippen LogP contribution in [0.3, 0.4) is 0 Å². The molecule has 0 aliphatic carbocycles. The van der Waals surface area contributed by atoms with Crippen LogP contribution < -0.4 is 0 Å². The number of aliphatic hydroxyl groups excluding tert-OH is 2. The van der Waals surface area contributed by atoms with Crippen LogP contribution in [0.5, 0.6) is 0 Å². The van der Waals surface area contributed by atoms with E-state index in [1.165, 1.54) is 0 Å². The Morgan fingerprint density at radius 1 is 0.788 bits per heavy atom. The van der Waals surface area contributed by atoms with Crippen molar-refractivity contribution in [3.8, 4) is 0 Å². The molecule has 10 saturated heterocycles. The Balaban J connectivity index is 0.994. The molecule has 2 N–H and O–H groups in total. The summed E-state index contributed by atoms with van der Waals surface area (Å²) < 4.78 is 65.6. The standard InChI is InChI=1S/C39H56O13/c1-18-11-22-5-7-25-19(2)12-24(44-25)9-10-39-16-30-35(51-39)36-37(49-30)38(52-39)33-26(48-36)8-6-23(46-33)14-31(42)50-34-29(15-27(45-22)20(18)3)47-28(32(34)43-4)13-21(41)17-40/h18,21-30,32-38,40-41H,2-3,5-17H2,1,4H3/t18-,21+,22+,23-,24+,25+,26+,27-,28-,29+,30+,32+,33+,34+,35-,36+,37-,38+,39+/m1/s1. The van der Waals surface area contributed by atoms with Gasteiger partial charge >= 0.3 is 5.97 Å². The molecule has 0 amide bonds. The van der Waals surface area contributed by atoms with Crippen molar-refractivity contribution in [2.24, 2.45) is 5.92 Å². The molecule has 0 saturated carbocycles. The van der Waals surface area contributed by atoms with Gasteiger partial charge in [-0.25, -0.2) is 0 Å². The molecule has 1 spiro atoms. The maximum Gasteiger partial charge on any atom is 0.308 e. The zero-order valence-electron chi connectivity index (χ0n) is 30.4. The maximum atomic E-state index is 13.8. The largest absolute Gasteiger partial charge is 0.457 e. The highest BCUT2D eigenvalue weighted by Crippen LogP contribution is 2.54. The molecule has 0 aromatic rings. The third-order valence-corrected chi connectivity index (χ3v) is 13.5. The summed E-state index contributed by atoms with van der Waals surface area (Å²) in [5, 5.41) is 20.0. The highest BCUT2D eigenvalue weighted by atomic mass is 16.8. The first kappa shape index (κ1) is 36.2. The van der Waals surface area contributed by atoms with E-state index in [0.29, 0.717) is 32.1 Å². The van der Waals surface area contributed by atoms with Crippen molar-refractivity contribution >= 4 is 5.97 Å². The van der Waals surface area contributed by atoms with Gasteiger partial charge in [-0.1, -0.05) is 20.1 Å². The first-order chi connectivity index (χ1) is 25.1. The predicted molar refractivity (Wildman–Crippen MR) is 181 cm³/mol. The summed E-state index contributed by atoms with van der Waals surface area (Å²) in [6, 6.07) is 0. The Morgan fingerprint density at radius 2 is 1.54 bits per heavy atom. The number of hydrogen-bond donors (Lipinski definition) is 2. The number of methoxy groups -OCH3 is 1. The topological polar surface area (TPSA) is 150 Å². The van der Waals surface area contributed by atoms with Gasteiger partial charge in [0.05, 0.1) is 68.0 Å². The molecule has 13 heteroatoms. The van der Waals surface area contributed by atoms with Crippen LogP contribution in [-0.4, -0.2) is 139 Å². The van der Waals surface area contributed by atoms with Gasteiger partial charge in [0, 0.05) is 32.8 Å². The smallest absolute Gasteiger partial charge is 0.308 e. The quantitative estimate of drug-likeness (QED) is 0.323. The molecule has 0 unspecified atom stereocenters. The fourth-order valence-corrected chi connectivity index (χ4v) is 10.8. The van der Waals surface area contributed by atoms with E-state index in [1.54, 1.807) is 7.11 Å². The van der Waals surface area contributed by atoms with Crippen LogP contribution in [0.2, 0.25) is 0 Å². The van der Waals surface area contributed by atoms with Crippen molar-refractivity contribution in [3.63, 3.8) is 0 Å². The molecule has 0 aromatic carbocycles. The highest BCUT2D eigenvalue weighted by molar-refractivity contribution is 5.70. The molecule has 10 aliphatic heterocycles. The number of rotatable bonds is 4. The third kappa shape index (κ3) is 6.53. The van der Waals surface area contributed by atoms with Crippen molar-refractivity contribution in [1.29, 1.82) is 0 Å². The van der Waals surface area contributed by atoms with Crippen LogP contribution >= 0.6 is 0 Å². The van der Waals surface area contributed by atoms with Crippen LogP contribution in [0.25, 0.3) is 0 Å². The minimum atomic E-state index is -1.01. The van der Waals surface area contributed by atoms with Crippen LogP contribution in [0.1, 0.15) is 84.0 Å².